The lowest BCUT2D eigenvalue weighted by molar-refractivity contribution is -0.146. The molecule has 100 valence electrons. The van der Waals surface area contributed by atoms with Crippen molar-refractivity contribution >= 4 is 17.3 Å². The van der Waals surface area contributed by atoms with Gasteiger partial charge in [-0.1, -0.05) is 0 Å². The Labute approximate surface area is 116 Å². The zero-order valence-corrected chi connectivity index (χ0v) is 12.2. The molecule has 2 heterocycles. The third-order valence-electron chi connectivity index (χ3n) is 3.09. The van der Waals surface area contributed by atoms with Crippen molar-refractivity contribution in [2.24, 2.45) is 0 Å². The molecule has 0 radical (unpaired) electrons. The van der Waals surface area contributed by atoms with E-state index < -0.39 is 5.41 Å². The molecule has 0 fully saturated rings. The van der Waals surface area contributed by atoms with Gasteiger partial charge in [-0.15, -0.1) is 11.3 Å². The maximum absolute atomic E-state index is 11.8. The fourth-order valence-corrected chi connectivity index (χ4v) is 2.84. The molecular formula is C14H16N2O2S. The molecular weight excluding hydrogens is 260 g/mol. The van der Waals surface area contributed by atoms with Crippen LogP contribution in [0.25, 0.3) is 10.6 Å². The summed E-state index contributed by atoms with van der Waals surface area (Å²) in [6.07, 6.45) is 3.55. The van der Waals surface area contributed by atoms with Crippen LogP contribution in [0.1, 0.15) is 25.1 Å². The Balaban J connectivity index is 2.40. The molecule has 0 aromatic carbocycles. The van der Waals surface area contributed by atoms with Gasteiger partial charge in [-0.05, 0) is 32.4 Å². The Hall–Kier alpha value is -1.75. The zero-order chi connectivity index (χ0) is 14.0. The van der Waals surface area contributed by atoms with Crippen LogP contribution in [0.5, 0.6) is 0 Å². The molecule has 0 aliphatic carbocycles. The van der Waals surface area contributed by atoms with Crippen LogP contribution in [0.15, 0.2) is 23.8 Å². The van der Waals surface area contributed by atoms with E-state index in [1.165, 1.54) is 18.4 Å². The fraction of sp³-hybridized carbons (Fsp3) is 0.357. The molecule has 0 unspecified atom stereocenters. The monoisotopic (exact) mass is 276 g/mol. The summed E-state index contributed by atoms with van der Waals surface area (Å²) in [6, 6.07) is 1.93. The number of methoxy groups -OCH3 is 1. The lowest BCUT2D eigenvalue weighted by Crippen LogP contribution is -2.30. The number of pyridine rings is 1. The number of nitrogens with zero attached hydrogens (tertiary/aromatic N) is 2. The molecule has 0 spiro atoms. The summed E-state index contributed by atoms with van der Waals surface area (Å²) in [4.78, 5) is 20.4. The standard InChI is InChI=1S/C14H16N2O2S/c1-9-7-15-6-5-10(9)12-16-11(8-19-12)14(2,3)13(17)18-4/h5-8H,1-4H3. The number of thiazole rings is 1. The van der Waals surface area contributed by atoms with Gasteiger partial charge in [0.2, 0.25) is 0 Å². The van der Waals surface area contributed by atoms with Gasteiger partial charge in [-0.2, -0.15) is 0 Å². The van der Waals surface area contributed by atoms with E-state index in [2.05, 4.69) is 9.97 Å². The number of ether oxygens (including phenoxy) is 1. The average Bonchev–Trinajstić information content (AvgIpc) is 2.88. The van der Waals surface area contributed by atoms with E-state index in [0.717, 1.165) is 21.8 Å². The Morgan fingerprint density at radius 3 is 2.79 bits per heavy atom. The van der Waals surface area contributed by atoms with E-state index in [4.69, 9.17) is 4.74 Å². The molecule has 2 aromatic rings. The van der Waals surface area contributed by atoms with Gasteiger partial charge in [-0.3, -0.25) is 9.78 Å². The van der Waals surface area contributed by atoms with Crippen LogP contribution in [-0.2, 0) is 14.9 Å². The normalized spacial score (nSPS) is 11.4. The fourth-order valence-electron chi connectivity index (χ4n) is 1.76. The number of carbonyl (C=O) groups is 1. The molecule has 5 heteroatoms. The van der Waals surface area contributed by atoms with Gasteiger partial charge < -0.3 is 4.74 Å². The van der Waals surface area contributed by atoms with Crippen LogP contribution >= 0.6 is 11.3 Å². The quantitative estimate of drug-likeness (QED) is 0.809. The highest BCUT2D eigenvalue weighted by atomic mass is 32.1. The highest BCUT2D eigenvalue weighted by molar-refractivity contribution is 7.13. The first-order valence-electron chi connectivity index (χ1n) is 5.92. The maximum Gasteiger partial charge on any atom is 0.317 e. The number of hydrogen-bond acceptors (Lipinski definition) is 5. The number of carbonyl (C=O) groups excluding carboxylic acids is 1. The van der Waals surface area contributed by atoms with E-state index in [1.807, 2.05) is 38.4 Å². The van der Waals surface area contributed by atoms with Crippen molar-refractivity contribution in [2.45, 2.75) is 26.2 Å². The van der Waals surface area contributed by atoms with Crippen LogP contribution in [-0.4, -0.2) is 23.0 Å². The summed E-state index contributed by atoms with van der Waals surface area (Å²) in [5, 5.41) is 2.80. The Bertz CT molecular complexity index is 605. The van der Waals surface area contributed by atoms with Crippen molar-refractivity contribution in [1.29, 1.82) is 0 Å². The van der Waals surface area contributed by atoms with E-state index >= 15 is 0 Å². The van der Waals surface area contributed by atoms with Crippen molar-refractivity contribution in [3.63, 3.8) is 0 Å². The summed E-state index contributed by atoms with van der Waals surface area (Å²) in [6.45, 7) is 5.63. The zero-order valence-electron chi connectivity index (χ0n) is 11.4. The highest BCUT2D eigenvalue weighted by Gasteiger charge is 2.33. The van der Waals surface area contributed by atoms with E-state index in [0.29, 0.717) is 0 Å². The molecule has 0 aliphatic heterocycles. The van der Waals surface area contributed by atoms with Crippen molar-refractivity contribution < 1.29 is 9.53 Å². The van der Waals surface area contributed by atoms with Crippen LogP contribution in [0.2, 0.25) is 0 Å². The second-order valence-electron chi connectivity index (χ2n) is 4.85. The first kappa shape index (κ1) is 13.7. The van der Waals surface area contributed by atoms with Crippen LogP contribution < -0.4 is 0 Å². The number of aromatic nitrogens is 2. The van der Waals surface area contributed by atoms with E-state index in [1.54, 1.807) is 6.20 Å². The number of hydrogen-bond donors (Lipinski definition) is 0. The minimum Gasteiger partial charge on any atom is -0.468 e. The molecule has 0 N–H and O–H groups in total. The number of aryl methyl sites for hydroxylation is 1. The minimum absolute atomic E-state index is 0.282. The molecule has 2 rings (SSSR count). The predicted molar refractivity (Wildman–Crippen MR) is 75.1 cm³/mol. The van der Waals surface area contributed by atoms with Gasteiger partial charge in [-0.25, -0.2) is 4.98 Å². The predicted octanol–water partition coefficient (Wildman–Crippen LogP) is 2.96. The molecule has 2 aromatic heterocycles. The van der Waals surface area contributed by atoms with E-state index in [9.17, 15) is 4.79 Å². The van der Waals surface area contributed by atoms with Gasteiger partial charge in [0.05, 0.1) is 12.8 Å². The van der Waals surface area contributed by atoms with Crippen LogP contribution in [0, 0.1) is 6.92 Å². The van der Waals surface area contributed by atoms with Crippen molar-refractivity contribution in [3.8, 4) is 10.6 Å². The molecule has 4 nitrogen and oxygen atoms in total. The van der Waals surface area contributed by atoms with Crippen molar-refractivity contribution in [2.75, 3.05) is 7.11 Å². The second-order valence-corrected chi connectivity index (χ2v) is 5.70. The molecule has 0 saturated heterocycles. The summed E-state index contributed by atoms with van der Waals surface area (Å²) in [5.41, 5.74) is 2.12. The number of rotatable bonds is 3. The third-order valence-corrected chi connectivity index (χ3v) is 3.97. The van der Waals surface area contributed by atoms with Crippen molar-refractivity contribution in [3.05, 3.63) is 35.1 Å². The van der Waals surface area contributed by atoms with Gasteiger partial charge in [0.15, 0.2) is 0 Å². The SMILES string of the molecule is COC(=O)C(C)(C)c1csc(-c2ccncc2C)n1. The molecule has 0 aliphatic rings. The number of esters is 1. The lowest BCUT2D eigenvalue weighted by Gasteiger charge is -2.18. The van der Waals surface area contributed by atoms with E-state index in [-0.39, 0.29) is 5.97 Å². The first-order valence-corrected chi connectivity index (χ1v) is 6.80. The summed E-state index contributed by atoms with van der Waals surface area (Å²) in [7, 11) is 1.39. The summed E-state index contributed by atoms with van der Waals surface area (Å²) >= 11 is 1.52. The third kappa shape index (κ3) is 2.51. The van der Waals surface area contributed by atoms with Gasteiger partial charge in [0.25, 0.3) is 0 Å². The summed E-state index contributed by atoms with van der Waals surface area (Å²) < 4.78 is 4.82. The largest absolute Gasteiger partial charge is 0.468 e. The lowest BCUT2D eigenvalue weighted by atomic mass is 9.90. The van der Waals surface area contributed by atoms with Gasteiger partial charge in [0, 0.05) is 23.3 Å². The van der Waals surface area contributed by atoms with Crippen LogP contribution in [0.3, 0.4) is 0 Å². The molecule has 0 saturated carbocycles. The molecule has 19 heavy (non-hydrogen) atoms. The van der Waals surface area contributed by atoms with Crippen molar-refractivity contribution in [1.82, 2.24) is 9.97 Å². The molecule has 0 bridgehead atoms. The maximum atomic E-state index is 11.8. The van der Waals surface area contributed by atoms with Gasteiger partial charge >= 0.3 is 5.97 Å². The molecule has 0 amide bonds. The minimum atomic E-state index is -0.732. The first-order chi connectivity index (χ1) is 8.96. The average molecular weight is 276 g/mol. The van der Waals surface area contributed by atoms with Crippen LogP contribution in [0.4, 0.5) is 0 Å². The summed E-state index contributed by atoms with van der Waals surface area (Å²) in [5.74, 6) is -0.282. The topological polar surface area (TPSA) is 52.1 Å². The Morgan fingerprint density at radius 1 is 1.42 bits per heavy atom. The Morgan fingerprint density at radius 2 is 2.16 bits per heavy atom. The Kier molecular flexibility index (Phi) is 3.66. The molecule has 0 atom stereocenters. The highest BCUT2D eigenvalue weighted by Crippen LogP contribution is 2.31. The van der Waals surface area contributed by atoms with Gasteiger partial charge in [0.1, 0.15) is 10.4 Å². The smallest absolute Gasteiger partial charge is 0.317 e. The second kappa shape index (κ2) is 5.09.